The van der Waals surface area contributed by atoms with Gasteiger partial charge < -0.3 is 4.74 Å². The molecule has 8 nitrogen and oxygen atoms in total. The molecule has 31 heavy (non-hydrogen) atoms. The largest absolute Gasteiger partial charge is 0.478 e. The molecule has 1 heterocycles. The predicted molar refractivity (Wildman–Crippen MR) is 113 cm³/mol. The van der Waals surface area contributed by atoms with Crippen molar-refractivity contribution in [2.24, 2.45) is 5.10 Å². The molecule has 1 atom stereocenters. The fourth-order valence-electron chi connectivity index (χ4n) is 2.93. The zero-order valence-electron chi connectivity index (χ0n) is 17.4. The van der Waals surface area contributed by atoms with Gasteiger partial charge in [0.05, 0.1) is 5.69 Å². The van der Waals surface area contributed by atoms with Gasteiger partial charge in [0.25, 0.3) is 11.8 Å². The normalized spacial score (nSPS) is 14.5. The van der Waals surface area contributed by atoms with Crippen LogP contribution in [0.25, 0.3) is 0 Å². The number of hydrogen-bond acceptors (Lipinski definition) is 5. The number of benzene rings is 2. The van der Waals surface area contributed by atoms with E-state index in [0.717, 1.165) is 11.1 Å². The van der Waals surface area contributed by atoms with Crippen molar-refractivity contribution in [3.05, 3.63) is 59.4 Å². The number of nitrogens with zero attached hydrogens (tertiary/aromatic N) is 2. The lowest BCUT2D eigenvalue weighted by Gasteiger charge is -2.25. The zero-order valence-corrected chi connectivity index (χ0v) is 17.4. The number of amides is 3. The van der Waals surface area contributed by atoms with E-state index < -0.39 is 23.7 Å². The first-order chi connectivity index (χ1) is 14.8. The average molecular weight is 426 g/mol. The lowest BCUT2D eigenvalue weighted by molar-refractivity contribution is -0.131. The minimum atomic E-state index is -1.06. The molecule has 2 aromatic carbocycles. The molecule has 1 aliphatic rings. The second-order valence-corrected chi connectivity index (χ2v) is 7.18. The highest BCUT2D eigenvalue weighted by atomic mass is 19.1. The second kappa shape index (κ2) is 9.38. The number of carbonyl (C=O) groups is 3. The van der Waals surface area contributed by atoms with E-state index in [1.54, 1.807) is 6.07 Å². The van der Waals surface area contributed by atoms with Crippen LogP contribution >= 0.6 is 0 Å². The van der Waals surface area contributed by atoms with E-state index in [2.05, 4.69) is 16.0 Å². The molecule has 3 rings (SSSR count). The van der Waals surface area contributed by atoms with E-state index in [1.165, 1.54) is 30.1 Å². The highest BCUT2D eigenvalue weighted by molar-refractivity contribution is 6.40. The van der Waals surface area contributed by atoms with Crippen LogP contribution in [0, 0.1) is 19.7 Å². The fraction of sp³-hybridized carbons (Fsp3) is 0.273. The molecule has 1 aliphatic heterocycles. The van der Waals surface area contributed by atoms with Crippen molar-refractivity contribution in [2.45, 2.75) is 39.7 Å². The van der Waals surface area contributed by atoms with Gasteiger partial charge in [-0.3, -0.25) is 25.2 Å². The van der Waals surface area contributed by atoms with E-state index in [0.29, 0.717) is 5.69 Å². The number of rotatable bonds is 5. The van der Waals surface area contributed by atoms with Gasteiger partial charge in [0.2, 0.25) is 5.91 Å². The summed E-state index contributed by atoms with van der Waals surface area (Å²) in [6.45, 7) is 5.17. The number of hydrogen-bond donors (Lipinski definition) is 2. The lowest BCUT2D eigenvalue weighted by atomic mass is 10.1. The smallest absolute Gasteiger partial charge is 0.285 e. The maximum absolute atomic E-state index is 13.7. The van der Waals surface area contributed by atoms with Gasteiger partial charge in [0.15, 0.2) is 17.7 Å². The Bertz CT molecular complexity index is 1050. The summed E-state index contributed by atoms with van der Waals surface area (Å²) in [5.74, 6) is -2.21. The Kier molecular flexibility index (Phi) is 6.64. The third kappa shape index (κ3) is 5.25. The average Bonchev–Trinajstić information content (AvgIpc) is 2.75. The van der Waals surface area contributed by atoms with Crippen LogP contribution in [-0.2, 0) is 14.4 Å². The number of aryl methyl sites for hydroxylation is 2. The molecule has 0 bridgehead atoms. The topological polar surface area (TPSA) is 100 Å². The van der Waals surface area contributed by atoms with E-state index in [1.807, 2.05) is 32.0 Å². The molecular formula is C22H23FN4O4. The summed E-state index contributed by atoms with van der Waals surface area (Å²) < 4.78 is 18.9. The molecule has 2 N–H and O–H groups in total. The van der Waals surface area contributed by atoms with Crippen molar-refractivity contribution in [1.82, 2.24) is 10.9 Å². The highest BCUT2D eigenvalue weighted by Gasteiger charge is 2.27. The van der Waals surface area contributed by atoms with Crippen LogP contribution in [0.1, 0.15) is 30.9 Å². The number of anilines is 1. The van der Waals surface area contributed by atoms with Crippen molar-refractivity contribution in [2.75, 3.05) is 5.01 Å². The van der Waals surface area contributed by atoms with Crippen molar-refractivity contribution >= 4 is 29.1 Å². The molecule has 0 saturated heterocycles. The van der Waals surface area contributed by atoms with Gasteiger partial charge in [-0.25, -0.2) is 9.40 Å². The van der Waals surface area contributed by atoms with Crippen LogP contribution in [-0.4, -0.2) is 29.5 Å². The van der Waals surface area contributed by atoms with Crippen molar-refractivity contribution < 1.29 is 23.5 Å². The molecule has 0 aromatic heterocycles. The molecule has 0 radical (unpaired) electrons. The fourth-order valence-corrected chi connectivity index (χ4v) is 2.93. The van der Waals surface area contributed by atoms with Crippen LogP contribution < -0.4 is 20.6 Å². The van der Waals surface area contributed by atoms with Gasteiger partial charge in [0.1, 0.15) is 5.71 Å². The SMILES string of the molecule is Cc1ccc(C)c(N2N=C(C(=O)NNC(=O)C(C)Oc3ccccc3F)CCC2=O)c1. The summed E-state index contributed by atoms with van der Waals surface area (Å²) in [5, 5.41) is 5.41. The Hall–Kier alpha value is -3.75. The third-order valence-corrected chi connectivity index (χ3v) is 4.70. The van der Waals surface area contributed by atoms with Crippen LogP contribution in [0.4, 0.5) is 10.1 Å². The molecule has 9 heteroatoms. The predicted octanol–water partition coefficient (Wildman–Crippen LogP) is 2.54. The van der Waals surface area contributed by atoms with Gasteiger partial charge in [-0.1, -0.05) is 24.3 Å². The van der Waals surface area contributed by atoms with Gasteiger partial charge >= 0.3 is 0 Å². The first-order valence-electron chi connectivity index (χ1n) is 9.75. The maximum Gasteiger partial charge on any atom is 0.285 e. The summed E-state index contributed by atoms with van der Waals surface area (Å²) in [7, 11) is 0. The second-order valence-electron chi connectivity index (χ2n) is 7.18. The Labute approximate surface area is 179 Å². The number of nitrogens with one attached hydrogen (secondary N) is 2. The Morgan fingerprint density at radius 1 is 1.13 bits per heavy atom. The molecule has 1 unspecified atom stereocenters. The zero-order chi connectivity index (χ0) is 22.5. The number of halogens is 1. The Morgan fingerprint density at radius 2 is 1.87 bits per heavy atom. The van der Waals surface area contributed by atoms with Crippen LogP contribution in [0.3, 0.4) is 0 Å². The standard InChI is InChI=1S/C22H23FN4O4/c1-13-8-9-14(2)18(12-13)27-20(28)11-10-17(26-27)22(30)25-24-21(29)15(3)31-19-7-5-4-6-16(19)23/h4-9,12,15H,10-11H2,1-3H3,(H,24,29)(H,25,30). The van der Waals surface area contributed by atoms with Crippen LogP contribution in [0.2, 0.25) is 0 Å². The molecule has 0 spiro atoms. The highest BCUT2D eigenvalue weighted by Crippen LogP contribution is 2.25. The number of para-hydroxylation sites is 1. The molecule has 0 aliphatic carbocycles. The first kappa shape index (κ1) is 21.9. The summed E-state index contributed by atoms with van der Waals surface area (Å²) in [5.41, 5.74) is 7.00. The Morgan fingerprint density at radius 3 is 2.61 bits per heavy atom. The van der Waals surface area contributed by atoms with E-state index in [9.17, 15) is 18.8 Å². The number of hydrazine groups is 1. The molecule has 0 saturated carbocycles. The van der Waals surface area contributed by atoms with Gasteiger partial charge in [-0.2, -0.15) is 5.10 Å². The van der Waals surface area contributed by atoms with Crippen molar-refractivity contribution in [3.63, 3.8) is 0 Å². The summed E-state index contributed by atoms with van der Waals surface area (Å²) in [6, 6.07) is 11.3. The third-order valence-electron chi connectivity index (χ3n) is 4.70. The monoisotopic (exact) mass is 426 g/mol. The minimum Gasteiger partial charge on any atom is -0.478 e. The number of carbonyl (C=O) groups excluding carboxylic acids is 3. The lowest BCUT2D eigenvalue weighted by Crippen LogP contribution is -2.50. The molecule has 3 amide bonds. The summed E-state index contributed by atoms with van der Waals surface area (Å²) in [4.78, 5) is 37.0. The van der Waals surface area contributed by atoms with Gasteiger partial charge in [-0.15, -0.1) is 0 Å². The van der Waals surface area contributed by atoms with Crippen LogP contribution in [0.15, 0.2) is 47.6 Å². The van der Waals surface area contributed by atoms with Gasteiger partial charge in [-0.05, 0) is 50.1 Å². The molecule has 0 fully saturated rings. The van der Waals surface area contributed by atoms with Crippen LogP contribution in [0.5, 0.6) is 5.75 Å². The number of ether oxygens (including phenoxy) is 1. The first-order valence-corrected chi connectivity index (χ1v) is 9.75. The maximum atomic E-state index is 13.7. The molecule has 2 aromatic rings. The van der Waals surface area contributed by atoms with Crippen molar-refractivity contribution in [1.29, 1.82) is 0 Å². The van der Waals surface area contributed by atoms with E-state index in [4.69, 9.17) is 4.74 Å². The summed E-state index contributed by atoms with van der Waals surface area (Å²) >= 11 is 0. The van der Waals surface area contributed by atoms with Crippen molar-refractivity contribution in [3.8, 4) is 5.75 Å². The summed E-state index contributed by atoms with van der Waals surface area (Å²) in [6.07, 6.45) is -0.803. The number of hydrazone groups is 1. The van der Waals surface area contributed by atoms with Gasteiger partial charge in [0, 0.05) is 12.8 Å². The van der Waals surface area contributed by atoms with E-state index in [-0.39, 0.29) is 30.2 Å². The molecule has 162 valence electrons. The minimum absolute atomic E-state index is 0.0733. The quantitative estimate of drug-likeness (QED) is 0.718. The molecular weight excluding hydrogens is 403 g/mol. The Balaban J connectivity index is 1.64. The van der Waals surface area contributed by atoms with E-state index >= 15 is 0 Å².